The van der Waals surface area contributed by atoms with Crippen LogP contribution in [0.25, 0.3) is 11.1 Å². The van der Waals surface area contributed by atoms with E-state index in [9.17, 15) is 35.1 Å². The summed E-state index contributed by atoms with van der Waals surface area (Å²) in [5, 5.41) is 0. The molecule has 0 heterocycles. The van der Waals surface area contributed by atoms with Crippen LogP contribution in [0.4, 0.5) is 35.1 Å². The lowest BCUT2D eigenvalue weighted by Gasteiger charge is -2.32. The van der Waals surface area contributed by atoms with Crippen molar-refractivity contribution < 1.29 is 35.1 Å². The van der Waals surface area contributed by atoms with E-state index in [1.807, 2.05) is 0 Å². The van der Waals surface area contributed by atoms with E-state index in [1.165, 1.54) is 63.4 Å². The minimum atomic E-state index is -6.28. The molecule has 0 fully saturated rings. The first-order valence-electron chi connectivity index (χ1n) is 6.37. The maximum Gasteiger partial charge on any atom is 0.435 e. The second-order valence-electron chi connectivity index (χ2n) is 4.94. The van der Waals surface area contributed by atoms with Crippen molar-refractivity contribution in [3.63, 3.8) is 0 Å². The molecule has 0 aromatic heterocycles. The fourth-order valence-corrected chi connectivity index (χ4v) is 4.38. The molecule has 0 saturated heterocycles. The molecule has 0 aliphatic carbocycles. The van der Waals surface area contributed by atoms with Crippen LogP contribution < -0.4 is 0 Å². The highest BCUT2D eigenvalue weighted by molar-refractivity contribution is 14.1. The number of benzene rings is 2. The van der Waals surface area contributed by atoms with Crippen LogP contribution in [-0.4, -0.2) is 12.4 Å². The molecule has 2 aromatic carbocycles. The number of hydrogen-bond acceptors (Lipinski definition) is 0. The van der Waals surface area contributed by atoms with Gasteiger partial charge in [-0.05, 0) is 63.4 Å². The SMILES string of the molecule is Fc1ccccc1-c1c(I)cc(I)cc1C(F)(C(F)(F)F)C(F)(F)F. The van der Waals surface area contributed by atoms with E-state index in [-0.39, 0.29) is 7.14 Å². The predicted molar refractivity (Wildman–Crippen MR) is 92.2 cm³/mol. The van der Waals surface area contributed by atoms with Gasteiger partial charge in [-0.1, -0.05) is 18.2 Å². The second-order valence-corrected chi connectivity index (χ2v) is 7.35. The Bertz CT molecular complexity index is 781. The Balaban J connectivity index is 2.97. The Hall–Kier alpha value is -0.660. The molecule has 0 N–H and O–H groups in total. The molecule has 0 unspecified atom stereocenters. The average Bonchev–Trinajstić information content (AvgIpc) is 2.44. The summed E-state index contributed by atoms with van der Waals surface area (Å²) >= 11 is 2.93. The van der Waals surface area contributed by atoms with E-state index in [2.05, 4.69) is 0 Å². The van der Waals surface area contributed by atoms with Gasteiger partial charge in [0.15, 0.2) is 0 Å². The molecule has 0 aliphatic rings. The van der Waals surface area contributed by atoms with Crippen LogP contribution in [0.5, 0.6) is 0 Å². The van der Waals surface area contributed by atoms with Crippen molar-refractivity contribution in [1.29, 1.82) is 0 Å². The van der Waals surface area contributed by atoms with Crippen molar-refractivity contribution in [1.82, 2.24) is 0 Å². The zero-order valence-electron chi connectivity index (χ0n) is 11.7. The number of hydrogen-bond donors (Lipinski definition) is 0. The smallest absolute Gasteiger partial charge is 0.218 e. The fraction of sp³-hybridized carbons (Fsp3) is 0.200. The van der Waals surface area contributed by atoms with Crippen molar-refractivity contribution in [3.05, 3.63) is 54.9 Å². The Labute approximate surface area is 163 Å². The van der Waals surface area contributed by atoms with E-state index in [1.54, 1.807) is 0 Å². The molecule has 136 valence electrons. The van der Waals surface area contributed by atoms with Crippen molar-refractivity contribution >= 4 is 45.2 Å². The molecule has 0 bridgehead atoms. The summed E-state index contributed by atoms with van der Waals surface area (Å²) in [5.41, 5.74) is -8.65. The lowest BCUT2D eigenvalue weighted by atomic mass is 9.87. The first-order valence-corrected chi connectivity index (χ1v) is 8.53. The van der Waals surface area contributed by atoms with Gasteiger partial charge in [-0.2, -0.15) is 26.3 Å². The minimum Gasteiger partial charge on any atom is -0.218 e. The Kier molecular flexibility index (Phi) is 5.63. The van der Waals surface area contributed by atoms with Crippen LogP contribution in [0.2, 0.25) is 0 Å². The van der Waals surface area contributed by atoms with Gasteiger partial charge < -0.3 is 0 Å². The van der Waals surface area contributed by atoms with Crippen LogP contribution in [0, 0.1) is 13.0 Å². The zero-order chi connectivity index (χ0) is 19.2. The monoisotopic (exact) mass is 592 g/mol. The number of rotatable bonds is 2. The molecule has 0 saturated carbocycles. The van der Waals surface area contributed by atoms with Crippen molar-refractivity contribution in [2.24, 2.45) is 0 Å². The van der Waals surface area contributed by atoms with Gasteiger partial charge in [0.1, 0.15) is 5.82 Å². The first kappa shape index (κ1) is 20.6. The summed E-state index contributed by atoms with van der Waals surface area (Å²) in [4.78, 5) is 0. The molecule has 2 rings (SSSR count). The summed E-state index contributed by atoms with van der Waals surface area (Å²) < 4.78 is 107. The third kappa shape index (κ3) is 3.60. The lowest BCUT2D eigenvalue weighted by molar-refractivity contribution is -0.348. The molecular weight excluding hydrogens is 586 g/mol. The van der Waals surface area contributed by atoms with Gasteiger partial charge in [-0.25, -0.2) is 8.78 Å². The average molecular weight is 592 g/mol. The molecule has 0 aliphatic heterocycles. The zero-order valence-corrected chi connectivity index (χ0v) is 16.1. The van der Waals surface area contributed by atoms with Crippen molar-refractivity contribution in [2.45, 2.75) is 18.0 Å². The largest absolute Gasteiger partial charge is 0.435 e. The Morgan fingerprint density at radius 3 is 1.76 bits per heavy atom. The fourth-order valence-electron chi connectivity index (χ4n) is 2.25. The summed E-state index contributed by atoms with van der Waals surface area (Å²) in [6.07, 6.45) is -12.6. The third-order valence-corrected chi connectivity index (χ3v) is 4.82. The molecule has 2 aromatic rings. The normalized spacial score (nSPS) is 13.2. The quantitative estimate of drug-likeness (QED) is 0.261. The first-order chi connectivity index (χ1) is 11.3. The van der Waals surface area contributed by atoms with Crippen LogP contribution in [0.15, 0.2) is 36.4 Å². The van der Waals surface area contributed by atoms with Crippen LogP contribution >= 0.6 is 45.2 Å². The predicted octanol–water partition coefficient (Wildman–Crippen LogP) is 6.99. The molecule has 0 spiro atoms. The van der Waals surface area contributed by atoms with Gasteiger partial charge in [-0.3, -0.25) is 0 Å². The van der Waals surface area contributed by atoms with Gasteiger partial charge in [0, 0.05) is 23.8 Å². The van der Waals surface area contributed by atoms with Crippen molar-refractivity contribution in [3.8, 4) is 11.1 Å². The summed E-state index contributed by atoms with van der Waals surface area (Å²) in [6.45, 7) is 0. The van der Waals surface area contributed by atoms with Gasteiger partial charge >= 0.3 is 18.0 Å². The molecule has 0 amide bonds. The Morgan fingerprint density at radius 1 is 0.760 bits per heavy atom. The molecule has 0 radical (unpaired) electrons. The van der Waals surface area contributed by atoms with E-state index < -0.39 is 40.5 Å². The Morgan fingerprint density at radius 2 is 1.28 bits per heavy atom. The van der Waals surface area contributed by atoms with Crippen molar-refractivity contribution in [2.75, 3.05) is 0 Å². The van der Waals surface area contributed by atoms with Gasteiger partial charge in [0.25, 0.3) is 0 Å². The van der Waals surface area contributed by atoms with Crippen LogP contribution in [0.1, 0.15) is 5.56 Å². The lowest BCUT2D eigenvalue weighted by Crippen LogP contribution is -2.50. The standard InChI is InChI=1S/C15H6F8I2/c16-10-4-2-1-3-8(10)12-9(5-7(24)6-11(12)25)13(17,14(18,19)20)15(21,22)23/h1-6H. The van der Waals surface area contributed by atoms with E-state index in [0.717, 1.165) is 12.1 Å². The van der Waals surface area contributed by atoms with E-state index in [0.29, 0.717) is 6.07 Å². The maximum atomic E-state index is 14.6. The molecule has 25 heavy (non-hydrogen) atoms. The second kappa shape index (κ2) is 6.82. The molecule has 0 nitrogen and oxygen atoms in total. The highest BCUT2D eigenvalue weighted by Gasteiger charge is 2.74. The highest BCUT2D eigenvalue weighted by atomic mass is 127. The van der Waals surface area contributed by atoms with Gasteiger partial charge in [-0.15, -0.1) is 0 Å². The summed E-state index contributed by atoms with van der Waals surface area (Å²) in [7, 11) is 0. The summed E-state index contributed by atoms with van der Waals surface area (Å²) in [6, 6.07) is 5.99. The van der Waals surface area contributed by atoms with Crippen LogP contribution in [-0.2, 0) is 5.67 Å². The summed E-state index contributed by atoms with van der Waals surface area (Å²) in [5.74, 6) is -1.06. The van der Waals surface area contributed by atoms with Gasteiger partial charge in [0.05, 0.1) is 0 Å². The van der Waals surface area contributed by atoms with E-state index in [4.69, 9.17) is 0 Å². The third-order valence-electron chi connectivity index (χ3n) is 3.35. The number of halogens is 10. The number of alkyl halides is 7. The minimum absolute atomic E-state index is 0.0485. The van der Waals surface area contributed by atoms with Crippen LogP contribution in [0.3, 0.4) is 0 Å². The molecule has 0 atom stereocenters. The topological polar surface area (TPSA) is 0 Å². The van der Waals surface area contributed by atoms with E-state index >= 15 is 0 Å². The molecule has 10 heteroatoms. The highest BCUT2D eigenvalue weighted by Crippen LogP contribution is 2.56. The molecular formula is C15H6F8I2. The van der Waals surface area contributed by atoms with Gasteiger partial charge in [0.2, 0.25) is 0 Å². The maximum absolute atomic E-state index is 14.6.